The van der Waals surface area contributed by atoms with Crippen LogP contribution in [0.15, 0.2) is 48.6 Å². The van der Waals surface area contributed by atoms with Crippen LogP contribution in [0.5, 0.6) is 0 Å². The highest BCUT2D eigenvalue weighted by molar-refractivity contribution is 5.76. The molecule has 3 rings (SSSR count). The quantitative estimate of drug-likeness (QED) is 0.807. The number of nitrogens with zero attached hydrogens (tertiary/aromatic N) is 3. The van der Waals surface area contributed by atoms with Crippen molar-refractivity contribution in [2.24, 2.45) is 0 Å². The number of ether oxygens (including phenoxy) is 1. The molecule has 2 aliphatic rings. The number of hydrogen-bond acceptors (Lipinski definition) is 4. The van der Waals surface area contributed by atoms with E-state index in [1.165, 1.54) is 22.7 Å². The van der Waals surface area contributed by atoms with E-state index in [1.807, 2.05) is 12.3 Å². The Kier molecular flexibility index (Phi) is 5.05. The van der Waals surface area contributed by atoms with E-state index < -0.39 is 0 Å². The summed E-state index contributed by atoms with van der Waals surface area (Å²) >= 11 is 0. The van der Waals surface area contributed by atoms with E-state index in [2.05, 4.69) is 73.0 Å². The van der Waals surface area contributed by atoms with Gasteiger partial charge in [-0.05, 0) is 43.9 Å². The SMILES string of the molecule is C/C=C(/N1COC1)N1C=C(c2cccnc2C(C)CC)C=CC1C. The molecular formula is C20H27N3O. The minimum atomic E-state index is 0.323. The summed E-state index contributed by atoms with van der Waals surface area (Å²) < 4.78 is 5.33. The Balaban J connectivity index is 1.96. The van der Waals surface area contributed by atoms with Gasteiger partial charge in [-0.25, -0.2) is 0 Å². The van der Waals surface area contributed by atoms with Gasteiger partial charge < -0.3 is 14.5 Å². The van der Waals surface area contributed by atoms with Crippen LogP contribution in [0, 0.1) is 0 Å². The number of hydrogen-bond donors (Lipinski definition) is 0. The van der Waals surface area contributed by atoms with Gasteiger partial charge in [0.05, 0.1) is 11.7 Å². The molecule has 2 atom stereocenters. The van der Waals surface area contributed by atoms with Crippen LogP contribution in [0.1, 0.15) is 51.3 Å². The predicted octanol–water partition coefficient (Wildman–Crippen LogP) is 4.30. The van der Waals surface area contributed by atoms with Gasteiger partial charge in [0.15, 0.2) is 0 Å². The minimum absolute atomic E-state index is 0.323. The number of pyridine rings is 1. The maximum Gasteiger partial charge on any atom is 0.124 e. The second-order valence-electron chi connectivity index (χ2n) is 6.49. The molecule has 0 radical (unpaired) electrons. The smallest absolute Gasteiger partial charge is 0.124 e. The first kappa shape index (κ1) is 16.8. The van der Waals surface area contributed by atoms with Gasteiger partial charge >= 0.3 is 0 Å². The molecule has 1 aromatic rings. The Labute approximate surface area is 145 Å². The van der Waals surface area contributed by atoms with Gasteiger partial charge in [-0.2, -0.15) is 0 Å². The predicted molar refractivity (Wildman–Crippen MR) is 97.8 cm³/mol. The molecule has 1 saturated heterocycles. The van der Waals surface area contributed by atoms with E-state index in [4.69, 9.17) is 4.74 Å². The third-order valence-corrected chi connectivity index (χ3v) is 4.84. The molecule has 0 saturated carbocycles. The van der Waals surface area contributed by atoms with E-state index in [0.29, 0.717) is 25.4 Å². The number of allylic oxidation sites excluding steroid dienone is 3. The van der Waals surface area contributed by atoms with Gasteiger partial charge in [0.2, 0.25) is 0 Å². The molecule has 3 heterocycles. The van der Waals surface area contributed by atoms with Gasteiger partial charge in [-0.3, -0.25) is 4.98 Å². The maximum atomic E-state index is 5.33. The third-order valence-electron chi connectivity index (χ3n) is 4.84. The molecule has 0 aliphatic carbocycles. The second kappa shape index (κ2) is 7.22. The largest absolute Gasteiger partial charge is 0.341 e. The van der Waals surface area contributed by atoms with Crippen LogP contribution in [-0.4, -0.2) is 34.3 Å². The van der Waals surface area contributed by atoms with Crippen LogP contribution in [0.3, 0.4) is 0 Å². The van der Waals surface area contributed by atoms with Crippen LogP contribution < -0.4 is 0 Å². The zero-order valence-electron chi connectivity index (χ0n) is 15.1. The monoisotopic (exact) mass is 325 g/mol. The normalized spacial score (nSPS) is 22.2. The number of rotatable bonds is 5. The van der Waals surface area contributed by atoms with Gasteiger partial charge in [0.25, 0.3) is 0 Å². The minimum Gasteiger partial charge on any atom is -0.341 e. The van der Waals surface area contributed by atoms with Crippen molar-refractivity contribution in [3.8, 4) is 0 Å². The van der Waals surface area contributed by atoms with Crippen molar-refractivity contribution in [1.29, 1.82) is 0 Å². The fraction of sp³-hybridized carbons (Fsp3) is 0.450. The first-order valence-electron chi connectivity index (χ1n) is 8.78. The highest BCUT2D eigenvalue weighted by Gasteiger charge is 2.26. The average molecular weight is 325 g/mol. The molecule has 2 unspecified atom stereocenters. The van der Waals surface area contributed by atoms with Crippen LogP contribution in [0.2, 0.25) is 0 Å². The fourth-order valence-corrected chi connectivity index (χ4v) is 3.14. The van der Waals surface area contributed by atoms with Crippen LogP contribution in [0.25, 0.3) is 5.57 Å². The Morgan fingerprint density at radius 1 is 1.46 bits per heavy atom. The van der Waals surface area contributed by atoms with Crippen LogP contribution in [-0.2, 0) is 4.74 Å². The van der Waals surface area contributed by atoms with Crippen molar-refractivity contribution in [2.75, 3.05) is 13.5 Å². The first-order chi connectivity index (χ1) is 11.7. The van der Waals surface area contributed by atoms with Crippen LogP contribution >= 0.6 is 0 Å². The molecule has 0 amide bonds. The van der Waals surface area contributed by atoms with Gasteiger partial charge in [-0.1, -0.05) is 32.1 Å². The number of aromatic nitrogens is 1. The summed E-state index contributed by atoms with van der Waals surface area (Å²) in [6.07, 6.45) is 11.9. The summed E-state index contributed by atoms with van der Waals surface area (Å²) in [5, 5.41) is 0. The molecule has 0 spiro atoms. The van der Waals surface area contributed by atoms with E-state index >= 15 is 0 Å². The Hall–Kier alpha value is -2.07. The lowest BCUT2D eigenvalue weighted by molar-refractivity contribution is -0.134. The zero-order valence-corrected chi connectivity index (χ0v) is 15.1. The second-order valence-corrected chi connectivity index (χ2v) is 6.49. The van der Waals surface area contributed by atoms with Crippen molar-refractivity contribution < 1.29 is 4.74 Å². The molecule has 24 heavy (non-hydrogen) atoms. The summed E-state index contributed by atoms with van der Waals surface area (Å²) in [6, 6.07) is 4.53. The molecular weight excluding hydrogens is 298 g/mol. The van der Waals surface area contributed by atoms with Crippen LogP contribution in [0.4, 0.5) is 0 Å². The molecule has 4 heteroatoms. The standard InChI is InChI=1S/C20H27N3O/c1-5-15(3)20-18(8-7-11-21-20)17-10-9-16(4)23(12-17)19(6-2)22-13-24-14-22/h6-12,15-16H,5,13-14H2,1-4H3/b19-6-. The van der Waals surface area contributed by atoms with Gasteiger partial charge in [0, 0.05) is 18.0 Å². The van der Waals surface area contributed by atoms with Gasteiger partial charge in [0.1, 0.15) is 19.3 Å². The van der Waals surface area contributed by atoms with E-state index in [0.717, 1.165) is 6.42 Å². The topological polar surface area (TPSA) is 28.6 Å². The summed E-state index contributed by atoms with van der Waals surface area (Å²) in [7, 11) is 0. The summed E-state index contributed by atoms with van der Waals surface area (Å²) in [6.45, 7) is 10.1. The Morgan fingerprint density at radius 2 is 2.25 bits per heavy atom. The molecule has 0 aromatic carbocycles. The van der Waals surface area contributed by atoms with Crippen molar-refractivity contribution >= 4 is 5.57 Å². The van der Waals surface area contributed by atoms with Gasteiger partial charge in [-0.15, -0.1) is 0 Å². The third kappa shape index (κ3) is 3.11. The molecule has 1 fully saturated rings. The lowest BCUT2D eigenvalue weighted by Crippen LogP contribution is -2.46. The van der Waals surface area contributed by atoms with E-state index in [9.17, 15) is 0 Å². The first-order valence-corrected chi connectivity index (χ1v) is 8.78. The Bertz CT molecular complexity index is 673. The molecule has 0 bridgehead atoms. The van der Waals surface area contributed by atoms with Crippen molar-refractivity contribution in [3.05, 3.63) is 59.8 Å². The lowest BCUT2D eigenvalue weighted by atomic mass is 9.93. The van der Waals surface area contributed by atoms with Crippen molar-refractivity contribution in [1.82, 2.24) is 14.8 Å². The zero-order chi connectivity index (χ0) is 17.1. The lowest BCUT2D eigenvalue weighted by Gasteiger charge is -2.42. The molecule has 1 aromatic heterocycles. The van der Waals surface area contributed by atoms with E-state index in [-0.39, 0.29) is 0 Å². The maximum absolute atomic E-state index is 5.33. The Morgan fingerprint density at radius 3 is 2.88 bits per heavy atom. The fourth-order valence-electron chi connectivity index (χ4n) is 3.14. The van der Waals surface area contributed by atoms with Crippen molar-refractivity contribution in [2.45, 2.75) is 46.1 Å². The summed E-state index contributed by atoms with van der Waals surface area (Å²) in [5.41, 5.74) is 3.63. The summed E-state index contributed by atoms with van der Waals surface area (Å²) in [5.74, 6) is 1.65. The molecule has 128 valence electrons. The average Bonchev–Trinajstić information content (AvgIpc) is 2.58. The highest BCUT2D eigenvalue weighted by Crippen LogP contribution is 2.31. The molecule has 0 N–H and O–H groups in total. The molecule has 4 nitrogen and oxygen atoms in total. The van der Waals surface area contributed by atoms with E-state index in [1.54, 1.807) is 0 Å². The molecule has 2 aliphatic heterocycles. The highest BCUT2D eigenvalue weighted by atomic mass is 16.5. The summed E-state index contributed by atoms with van der Waals surface area (Å²) in [4.78, 5) is 9.22. The van der Waals surface area contributed by atoms with Crippen molar-refractivity contribution in [3.63, 3.8) is 0 Å².